The Bertz CT molecular complexity index is 875. The van der Waals surface area contributed by atoms with E-state index in [1.165, 1.54) is 4.90 Å². The first-order valence-corrected chi connectivity index (χ1v) is 9.55. The lowest BCUT2D eigenvalue weighted by Crippen LogP contribution is -2.27. The van der Waals surface area contributed by atoms with E-state index in [1.54, 1.807) is 37.0 Å². The molecule has 0 saturated heterocycles. The number of thioether (sulfide) groups is 1. The van der Waals surface area contributed by atoms with Gasteiger partial charge in [0, 0.05) is 29.9 Å². The van der Waals surface area contributed by atoms with Gasteiger partial charge in [-0.15, -0.1) is 11.8 Å². The highest BCUT2D eigenvalue weighted by Gasteiger charge is 2.14. The number of carbonyl (C=O) groups is 1. The third kappa shape index (κ3) is 4.35. The van der Waals surface area contributed by atoms with E-state index in [-0.39, 0.29) is 5.91 Å². The highest BCUT2D eigenvalue weighted by molar-refractivity contribution is 7.99. The average Bonchev–Trinajstić information content (AvgIpc) is 2.70. The molecule has 5 heteroatoms. The number of fused-ring (bicyclic) bond motifs is 1. The first kappa shape index (κ1) is 18.3. The van der Waals surface area contributed by atoms with Crippen molar-refractivity contribution in [1.82, 2.24) is 4.98 Å². The highest BCUT2D eigenvalue weighted by Crippen LogP contribution is 2.25. The van der Waals surface area contributed by atoms with Crippen molar-refractivity contribution in [3.05, 3.63) is 60.8 Å². The van der Waals surface area contributed by atoms with Crippen molar-refractivity contribution < 1.29 is 9.53 Å². The lowest BCUT2D eigenvalue weighted by atomic mass is 10.1. The van der Waals surface area contributed by atoms with E-state index in [2.05, 4.69) is 4.98 Å². The maximum atomic E-state index is 12.5. The number of hydrogen-bond acceptors (Lipinski definition) is 4. The molecule has 0 saturated carbocycles. The predicted molar refractivity (Wildman–Crippen MR) is 108 cm³/mol. The molecule has 134 valence electrons. The Balaban J connectivity index is 1.54. The van der Waals surface area contributed by atoms with Gasteiger partial charge >= 0.3 is 0 Å². The van der Waals surface area contributed by atoms with Gasteiger partial charge in [-0.25, -0.2) is 4.98 Å². The van der Waals surface area contributed by atoms with Gasteiger partial charge in [0.25, 0.3) is 0 Å². The first-order valence-electron chi connectivity index (χ1n) is 8.56. The maximum Gasteiger partial charge on any atom is 0.227 e. The number of nitrogens with zero attached hydrogens (tertiary/aromatic N) is 2. The molecule has 0 unspecified atom stereocenters. The van der Waals surface area contributed by atoms with Crippen molar-refractivity contribution in [2.45, 2.75) is 17.7 Å². The Morgan fingerprint density at radius 3 is 2.65 bits per heavy atom. The highest BCUT2D eigenvalue weighted by atomic mass is 32.2. The molecule has 3 rings (SSSR count). The maximum absolute atomic E-state index is 12.5. The summed E-state index contributed by atoms with van der Waals surface area (Å²) in [5, 5.41) is 2.09. The number of anilines is 1. The van der Waals surface area contributed by atoms with Crippen molar-refractivity contribution in [3.8, 4) is 5.75 Å². The Kier molecular flexibility index (Phi) is 6.12. The number of amides is 1. The zero-order valence-corrected chi connectivity index (χ0v) is 15.8. The Labute approximate surface area is 158 Å². The second-order valence-electron chi connectivity index (χ2n) is 5.94. The summed E-state index contributed by atoms with van der Waals surface area (Å²) in [4.78, 5) is 19.8. The van der Waals surface area contributed by atoms with Crippen molar-refractivity contribution in [2.24, 2.45) is 0 Å². The molecule has 0 bridgehead atoms. The normalized spacial score (nSPS) is 10.7. The zero-order chi connectivity index (χ0) is 18.4. The van der Waals surface area contributed by atoms with Crippen molar-refractivity contribution in [1.29, 1.82) is 0 Å². The molecule has 4 nitrogen and oxygen atoms in total. The standard InChI is InChI=1S/C21H22N2O2S/c1-23(21-19-7-4-3-6-16(19)13-14-22-21)20(24)8-5-15-26-18-11-9-17(25-2)10-12-18/h3-4,6-7,9-14H,5,8,15H2,1-2H3. The van der Waals surface area contributed by atoms with Crippen LogP contribution < -0.4 is 9.64 Å². The lowest BCUT2D eigenvalue weighted by Gasteiger charge is -2.18. The Hall–Kier alpha value is -2.53. The van der Waals surface area contributed by atoms with Crippen molar-refractivity contribution in [2.75, 3.05) is 24.8 Å². The molecule has 0 aliphatic carbocycles. The first-order chi connectivity index (χ1) is 12.7. The largest absolute Gasteiger partial charge is 0.497 e. The molecular weight excluding hydrogens is 344 g/mol. The summed E-state index contributed by atoms with van der Waals surface area (Å²) in [6, 6.07) is 17.9. The van der Waals surface area contributed by atoms with Crippen LogP contribution in [0.5, 0.6) is 5.75 Å². The minimum atomic E-state index is 0.0872. The average molecular weight is 366 g/mol. The van der Waals surface area contributed by atoms with Crippen LogP contribution in [0.4, 0.5) is 5.82 Å². The number of methoxy groups -OCH3 is 1. The van der Waals surface area contributed by atoms with Gasteiger partial charge < -0.3 is 4.74 Å². The van der Waals surface area contributed by atoms with Crippen LogP contribution in [0.2, 0.25) is 0 Å². The molecule has 0 aliphatic heterocycles. The fourth-order valence-electron chi connectivity index (χ4n) is 2.74. The van der Waals surface area contributed by atoms with Crippen LogP contribution in [-0.4, -0.2) is 30.8 Å². The molecule has 0 aliphatic rings. The summed E-state index contributed by atoms with van der Waals surface area (Å²) in [5.41, 5.74) is 0. The van der Waals surface area contributed by atoms with E-state index in [0.29, 0.717) is 6.42 Å². The topological polar surface area (TPSA) is 42.4 Å². The van der Waals surface area contributed by atoms with E-state index < -0.39 is 0 Å². The van der Waals surface area contributed by atoms with Crippen molar-refractivity contribution >= 4 is 34.3 Å². The van der Waals surface area contributed by atoms with Crippen LogP contribution in [0, 0.1) is 0 Å². The smallest absolute Gasteiger partial charge is 0.227 e. The van der Waals surface area contributed by atoms with E-state index in [1.807, 2.05) is 54.6 Å². The summed E-state index contributed by atoms with van der Waals surface area (Å²) in [6.45, 7) is 0. The van der Waals surface area contributed by atoms with E-state index >= 15 is 0 Å². The zero-order valence-electron chi connectivity index (χ0n) is 15.0. The number of ether oxygens (including phenoxy) is 1. The molecular formula is C21H22N2O2S. The van der Waals surface area contributed by atoms with Crippen LogP contribution >= 0.6 is 11.8 Å². The molecule has 1 aromatic heterocycles. The van der Waals surface area contributed by atoms with Crippen LogP contribution in [0.15, 0.2) is 65.7 Å². The molecule has 26 heavy (non-hydrogen) atoms. The van der Waals surface area contributed by atoms with Gasteiger partial charge in [0.1, 0.15) is 11.6 Å². The van der Waals surface area contributed by atoms with Gasteiger partial charge in [-0.3, -0.25) is 9.69 Å². The van der Waals surface area contributed by atoms with Crippen LogP contribution in [0.1, 0.15) is 12.8 Å². The van der Waals surface area contributed by atoms with E-state index in [0.717, 1.165) is 34.5 Å². The summed E-state index contributed by atoms with van der Waals surface area (Å²) in [7, 11) is 3.46. The minimum Gasteiger partial charge on any atom is -0.497 e. The molecule has 0 radical (unpaired) electrons. The molecule has 0 spiro atoms. The van der Waals surface area contributed by atoms with Gasteiger partial charge in [0.15, 0.2) is 0 Å². The fourth-order valence-corrected chi connectivity index (χ4v) is 3.60. The Morgan fingerprint density at radius 2 is 1.88 bits per heavy atom. The monoisotopic (exact) mass is 366 g/mol. The van der Waals surface area contributed by atoms with Gasteiger partial charge in [-0.1, -0.05) is 24.3 Å². The van der Waals surface area contributed by atoms with Gasteiger partial charge in [0.2, 0.25) is 5.91 Å². The molecule has 0 atom stereocenters. The summed E-state index contributed by atoms with van der Waals surface area (Å²) in [6.07, 6.45) is 3.08. The van der Waals surface area contributed by atoms with Gasteiger partial charge in [-0.05, 0) is 47.9 Å². The second-order valence-corrected chi connectivity index (χ2v) is 7.10. The fraction of sp³-hybridized carbons (Fsp3) is 0.238. The number of hydrogen-bond donors (Lipinski definition) is 0. The van der Waals surface area contributed by atoms with Crippen LogP contribution in [0.25, 0.3) is 10.8 Å². The molecule has 3 aromatic rings. The minimum absolute atomic E-state index is 0.0872. The molecule has 1 amide bonds. The summed E-state index contributed by atoms with van der Waals surface area (Å²) in [5.74, 6) is 2.56. The molecule has 2 aromatic carbocycles. The number of aromatic nitrogens is 1. The summed E-state index contributed by atoms with van der Waals surface area (Å²) >= 11 is 1.75. The number of carbonyl (C=O) groups excluding carboxylic acids is 1. The predicted octanol–water partition coefficient (Wildman–Crippen LogP) is 4.78. The number of pyridine rings is 1. The van der Waals surface area contributed by atoms with Crippen molar-refractivity contribution in [3.63, 3.8) is 0 Å². The number of rotatable bonds is 7. The SMILES string of the molecule is COc1ccc(SCCCC(=O)N(C)c2nccc3ccccc23)cc1. The van der Waals surface area contributed by atoms with Gasteiger partial charge in [-0.2, -0.15) is 0 Å². The third-order valence-electron chi connectivity index (χ3n) is 4.21. The molecule has 1 heterocycles. The van der Waals surface area contributed by atoms with E-state index in [4.69, 9.17) is 4.74 Å². The van der Waals surface area contributed by atoms with Gasteiger partial charge in [0.05, 0.1) is 7.11 Å². The quantitative estimate of drug-likeness (QED) is 0.446. The third-order valence-corrected chi connectivity index (χ3v) is 5.31. The molecule has 0 fully saturated rings. The van der Waals surface area contributed by atoms with E-state index in [9.17, 15) is 4.79 Å². The van der Waals surface area contributed by atoms with Crippen LogP contribution in [-0.2, 0) is 4.79 Å². The summed E-state index contributed by atoms with van der Waals surface area (Å²) < 4.78 is 5.16. The molecule has 0 N–H and O–H groups in total. The Morgan fingerprint density at radius 1 is 1.12 bits per heavy atom. The number of benzene rings is 2. The lowest BCUT2D eigenvalue weighted by molar-refractivity contribution is -0.118. The second kappa shape index (κ2) is 8.72. The van der Waals surface area contributed by atoms with Crippen LogP contribution in [0.3, 0.4) is 0 Å².